The highest BCUT2D eigenvalue weighted by molar-refractivity contribution is 5.96. The maximum atomic E-state index is 12.7. The second-order valence-electron chi connectivity index (χ2n) is 7.57. The number of fused-ring (bicyclic) bond motifs is 2. The molecule has 2 N–H and O–H groups in total. The number of hydrogen-bond acceptors (Lipinski definition) is 4. The summed E-state index contributed by atoms with van der Waals surface area (Å²) in [6.45, 7) is 3.16. The molecule has 2 amide bonds. The molecule has 0 bridgehead atoms. The summed E-state index contributed by atoms with van der Waals surface area (Å²) >= 11 is 0. The molecule has 1 aromatic carbocycles. The third-order valence-electron chi connectivity index (χ3n) is 5.52. The second-order valence-corrected chi connectivity index (χ2v) is 7.57. The lowest BCUT2D eigenvalue weighted by Gasteiger charge is -2.17. The number of pyridine rings is 1. The van der Waals surface area contributed by atoms with Gasteiger partial charge in [0.05, 0.1) is 12.2 Å². The van der Waals surface area contributed by atoms with E-state index in [-0.39, 0.29) is 11.8 Å². The van der Waals surface area contributed by atoms with E-state index in [1.807, 2.05) is 25.2 Å². The molecule has 0 spiro atoms. The average Bonchev–Trinajstić information content (AvgIpc) is 2.88. The number of carbonyl (C=O) groups excluding carboxylic acids is 2. The van der Waals surface area contributed by atoms with E-state index in [0.717, 1.165) is 16.8 Å². The van der Waals surface area contributed by atoms with Crippen LogP contribution in [0.2, 0.25) is 0 Å². The summed E-state index contributed by atoms with van der Waals surface area (Å²) in [6.07, 6.45) is 5.34. The molecular formula is C23H25N5O2. The van der Waals surface area contributed by atoms with Crippen molar-refractivity contribution in [2.75, 3.05) is 24.2 Å². The van der Waals surface area contributed by atoms with Crippen molar-refractivity contribution in [3.63, 3.8) is 0 Å². The number of benzene rings is 1. The van der Waals surface area contributed by atoms with E-state index in [2.05, 4.69) is 39.2 Å². The molecule has 3 heterocycles. The summed E-state index contributed by atoms with van der Waals surface area (Å²) in [4.78, 5) is 30.5. The van der Waals surface area contributed by atoms with Crippen molar-refractivity contribution in [1.82, 2.24) is 14.5 Å². The van der Waals surface area contributed by atoms with Gasteiger partial charge in [0.1, 0.15) is 5.82 Å². The van der Waals surface area contributed by atoms with E-state index >= 15 is 0 Å². The van der Waals surface area contributed by atoms with Crippen molar-refractivity contribution < 1.29 is 9.59 Å². The number of rotatable bonds is 4. The molecule has 0 saturated heterocycles. The fourth-order valence-corrected chi connectivity index (χ4v) is 3.77. The molecule has 0 saturated carbocycles. The average molecular weight is 403 g/mol. The van der Waals surface area contributed by atoms with Crippen LogP contribution in [-0.4, -0.2) is 39.9 Å². The van der Waals surface area contributed by atoms with Crippen LogP contribution in [0, 0.1) is 6.92 Å². The van der Waals surface area contributed by atoms with Crippen molar-refractivity contribution in [2.45, 2.75) is 19.9 Å². The predicted molar refractivity (Wildman–Crippen MR) is 119 cm³/mol. The molecule has 1 aliphatic heterocycles. The van der Waals surface area contributed by atoms with Gasteiger partial charge in [-0.25, -0.2) is 4.98 Å². The first-order chi connectivity index (χ1) is 14.4. The highest BCUT2D eigenvalue weighted by atomic mass is 16.2. The van der Waals surface area contributed by atoms with Gasteiger partial charge in [-0.2, -0.15) is 0 Å². The SMILES string of the molecule is Cc1c(CN(C)C(=O)/C=C/c2cnc3c(c2)NC(=O)CCN3)n(C)c2ccccc12. The first-order valence-corrected chi connectivity index (χ1v) is 9.94. The molecule has 4 rings (SSSR count). The molecule has 0 atom stereocenters. The van der Waals surface area contributed by atoms with Gasteiger partial charge in [0.25, 0.3) is 0 Å². The molecule has 2 aromatic heterocycles. The third-order valence-corrected chi connectivity index (χ3v) is 5.52. The summed E-state index contributed by atoms with van der Waals surface area (Å²) < 4.78 is 2.14. The van der Waals surface area contributed by atoms with E-state index in [4.69, 9.17) is 0 Å². The van der Waals surface area contributed by atoms with Crippen LogP contribution in [0.1, 0.15) is 23.2 Å². The fraction of sp³-hybridized carbons (Fsp3) is 0.261. The molecule has 1 aliphatic rings. The highest BCUT2D eigenvalue weighted by Gasteiger charge is 2.16. The number of likely N-dealkylation sites (N-methyl/N-ethyl adjacent to an activating group) is 1. The Labute approximate surface area is 175 Å². The van der Waals surface area contributed by atoms with Gasteiger partial charge in [0.2, 0.25) is 11.8 Å². The smallest absolute Gasteiger partial charge is 0.246 e. The zero-order valence-corrected chi connectivity index (χ0v) is 17.4. The van der Waals surface area contributed by atoms with E-state index in [9.17, 15) is 9.59 Å². The highest BCUT2D eigenvalue weighted by Crippen LogP contribution is 2.26. The van der Waals surface area contributed by atoms with Gasteiger partial charge in [0.15, 0.2) is 0 Å². The van der Waals surface area contributed by atoms with Gasteiger partial charge in [-0.3, -0.25) is 9.59 Å². The van der Waals surface area contributed by atoms with Crippen molar-refractivity contribution in [3.05, 3.63) is 59.4 Å². The standard InChI is InChI=1S/C23H25N5O2/c1-15-17-6-4-5-7-19(17)28(3)20(15)14-27(2)22(30)9-8-16-12-18-23(25-13-16)24-11-10-21(29)26-18/h4-9,12-13H,10-11,14H2,1-3H3,(H,24,25)(H,26,29)/b9-8+. The topological polar surface area (TPSA) is 79.3 Å². The Balaban J connectivity index is 1.49. The zero-order chi connectivity index (χ0) is 21.3. The lowest BCUT2D eigenvalue weighted by molar-refractivity contribution is -0.125. The van der Waals surface area contributed by atoms with Gasteiger partial charge in [-0.1, -0.05) is 18.2 Å². The Kier molecular flexibility index (Phi) is 5.27. The molecule has 7 nitrogen and oxygen atoms in total. The Morgan fingerprint density at radius 3 is 2.93 bits per heavy atom. The molecule has 0 unspecified atom stereocenters. The van der Waals surface area contributed by atoms with Crippen LogP contribution in [0.5, 0.6) is 0 Å². The number of para-hydroxylation sites is 1. The molecular weight excluding hydrogens is 378 g/mol. The normalized spacial score (nSPS) is 13.6. The van der Waals surface area contributed by atoms with Crippen molar-refractivity contribution in [1.29, 1.82) is 0 Å². The van der Waals surface area contributed by atoms with Crippen LogP contribution < -0.4 is 10.6 Å². The van der Waals surface area contributed by atoms with E-state index in [1.54, 1.807) is 24.2 Å². The number of amides is 2. The van der Waals surface area contributed by atoms with Crippen LogP contribution in [0.3, 0.4) is 0 Å². The van der Waals surface area contributed by atoms with E-state index < -0.39 is 0 Å². The van der Waals surface area contributed by atoms with Crippen molar-refractivity contribution in [2.24, 2.45) is 7.05 Å². The second kappa shape index (κ2) is 8.02. The molecule has 0 aliphatic carbocycles. The summed E-state index contributed by atoms with van der Waals surface area (Å²) in [6, 6.07) is 10.1. The quantitative estimate of drug-likeness (QED) is 0.655. The number of aromatic nitrogens is 2. The lowest BCUT2D eigenvalue weighted by Crippen LogP contribution is -2.25. The Morgan fingerprint density at radius 2 is 2.13 bits per heavy atom. The Morgan fingerprint density at radius 1 is 1.33 bits per heavy atom. The molecule has 7 heteroatoms. The minimum absolute atomic E-state index is 0.0506. The summed E-state index contributed by atoms with van der Waals surface area (Å²) in [5.74, 6) is 0.495. The van der Waals surface area contributed by atoms with Gasteiger partial charge < -0.3 is 20.1 Å². The largest absolute Gasteiger partial charge is 0.368 e. The van der Waals surface area contributed by atoms with Crippen LogP contribution in [0.15, 0.2) is 42.6 Å². The first-order valence-electron chi connectivity index (χ1n) is 9.94. The Bertz CT molecular complexity index is 1120. The molecule has 154 valence electrons. The third kappa shape index (κ3) is 3.78. The predicted octanol–water partition coefficient (Wildman–Crippen LogP) is 3.31. The number of anilines is 2. The molecule has 0 radical (unpaired) electrons. The van der Waals surface area contributed by atoms with Crippen LogP contribution in [0.25, 0.3) is 17.0 Å². The summed E-state index contributed by atoms with van der Waals surface area (Å²) in [5, 5.41) is 7.16. The number of aryl methyl sites for hydroxylation is 2. The zero-order valence-electron chi connectivity index (χ0n) is 17.4. The number of carbonyl (C=O) groups is 2. The lowest BCUT2D eigenvalue weighted by atomic mass is 10.1. The van der Waals surface area contributed by atoms with Crippen molar-refractivity contribution >= 4 is 40.3 Å². The summed E-state index contributed by atoms with van der Waals surface area (Å²) in [7, 11) is 3.83. The van der Waals surface area contributed by atoms with Gasteiger partial charge in [-0.05, 0) is 36.3 Å². The maximum absolute atomic E-state index is 12.7. The van der Waals surface area contributed by atoms with E-state index in [0.29, 0.717) is 31.0 Å². The molecule has 30 heavy (non-hydrogen) atoms. The van der Waals surface area contributed by atoms with Crippen molar-refractivity contribution in [3.8, 4) is 0 Å². The van der Waals surface area contributed by atoms with Gasteiger partial charge in [0, 0.05) is 55.9 Å². The number of nitrogens with one attached hydrogen (secondary N) is 2. The van der Waals surface area contributed by atoms with Crippen LogP contribution in [-0.2, 0) is 23.2 Å². The van der Waals surface area contributed by atoms with Gasteiger partial charge in [-0.15, -0.1) is 0 Å². The maximum Gasteiger partial charge on any atom is 0.246 e. The fourth-order valence-electron chi connectivity index (χ4n) is 3.77. The Hall–Kier alpha value is -3.61. The van der Waals surface area contributed by atoms with E-state index in [1.165, 1.54) is 17.0 Å². The molecule has 3 aromatic rings. The first kappa shape index (κ1) is 19.7. The number of hydrogen-bond donors (Lipinski definition) is 2. The van der Waals surface area contributed by atoms with Crippen LogP contribution in [0.4, 0.5) is 11.5 Å². The van der Waals surface area contributed by atoms with Gasteiger partial charge >= 0.3 is 0 Å². The summed E-state index contributed by atoms with van der Waals surface area (Å²) in [5.41, 5.74) is 4.84. The number of nitrogens with zero attached hydrogens (tertiary/aromatic N) is 3. The minimum atomic E-state index is -0.100. The minimum Gasteiger partial charge on any atom is -0.368 e. The molecule has 0 fully saturated rings. The van der Waals surface area contributed by atoms with Crippen LogP contribution >= 0.6 is 0 Å². The monoisotopic (exact) mass is 403 g/mol.